The van der Waals surface area contributed by atoms with Crippen LogP contribution in [-0.4, -0.2) is 20.2 Å². The van der Waals surface area contributed by atoms with Crippen molar-refractivity contribution in [2.75, 3.05) is 0 Å². The SMILES string of the molecule is CC(=O)/C=C/[C@H](C)[C@H](CC(C)C)O[Si](C)(C)C(C)(C)C. The predicted octanol–water partition coefficient (Wildman–Crippen LogP) is 5.20. The molecule has 0 heterocycles. The fourth-order valence-corrected chi connectivity index (χ4v) is 3.22. The number of ketones is 1. The molecule has 0 aromatic rings. The van der Waals surface area contributed by atoms with Crippen molar-refractivity contribution < 1.29 is 9.22 Å². The third-order valence-corrected chi connectivity index (χ3v) is 8.68. The van der Waals surface area contributed by atoms with E-state index in [1.165, 1.54) is 0 Å². The first kappa shape index (κ1) is 19.6. The summed E-state index contributed by atoms with van der Waals surface area (Å²) >= 11 is 0. The van der Waals surface area contributed by atoms with Crippen LogP contribution in [0.1, 0.15) is 54.9 Å². The molecule has 0 aliphatic carbocycles. The van der Waals surface area contributed by atoms with Crippen LogP contribution >= 0.6 is 0 Å². The molecule has 0 aliphatic rings. The van der Waals surface area contributed by atoms with E-state index in [1.54, 1.807) is 13.0 Å². The number of carbonyl (C=O) groups excluding carboxylic acids is 1. The molecule has 0 N–H and O–H groups in total. The van der Waals surface area contributed by atoms with E-state index in [0.29, 0.717) is 5.92 Å². The van der Waals surface area contributed by atoms with E-state index in [4.69, 9.17) is 4.43 Å². The second-order valence-corrected chi connectivity index (χ2v) is 12.6. The van der Waals surface area contributed by atoms with Gasteiger partial charge in [0.2, 0.25) is 0 Å². The Labute approximate surface area is 127 Å². The van der Waals surface area contributed by atoms with Crippen LogP contribution in [0.3, 0.4) is 0 Å². The summed E-state index contributed by atoms with van der Waals surface area (Å²) in [4.78, 5) is 11.1. The molecule has 0 aromatic carbocycles. The maximum Gasteiger partial charge on any atom is 0.192 e. The van der Waals surface area contributed by atoms with Crippen molar-refractivity contribution in [3.8, 4) is 0 Å². The van der Waals surface area contributed by atoms with Crippen molar-refractivity contribution in [3.63, 3.8) is 0 Å². The molecule has 2 atom stereocenters. The zero-order valence-corrected chi connectivity index (χ0v) is 15.9. The lowest BCUT2D eigenvalue weighted by atomic mass is 9.95. The van der Waals surface area contributed by atoms with Gasteiger partial charge in [-0.2, -0.15) is 0 Å². The molecule has 0 spiro atoms. The molecule has 0 aromatic heterocycles. The highest BCUT2D eigenvalue weighted by Gasteiger charge is 2.39. The molecule has 0 bridgehead atoms. The van der Waals surface area contributed by atoms with E-state index in [-0.39, 0.29) is 22.8 Å². The van der Waals surface area contributed by atoms with E-state index >= 15 is 0 Å². The molecule has 0 fully saturated rings. The maximum atomic E-state index is 11.1. The van der Waals surface area contributed by atoms with Crippen LogP contribution in [0.2, 0.25) is 18.1 Å². The van der Waals surface area contributed by atoms with Crippen molar-refractivity contribution in [2.45, 2.75) is 79.1 Å². The smallest absolute Gasteiger partial charge is 0.192 e. The molecular weight excluding hydrogens is 264 g/mol. The van der Waals surface area contributed by atoms with Gasteiger partial charge in [0.05, 0.1) is 6.10 Å². The first-order valence-electron chi connectivity index (χ1n) is 7.73. The number of hydrogen-bond acceptors (Lipinski definition) is 2. The molecule has 0 amide bonds. The molecule has 0 rings (SSSR count). The number of hydrogen-bond donors (Lipinski definition) is 0. The lowest BCUT2D eigenvalue weighted by Crippen LogP contribution is -2.45. The quantitative estimate of drug-likeness (QED) is 0.477. The van der Waals surface area contributed by atoms with Crippen LogP contribution in [0.15, 0.2) is 12.2 Å². The third kappa shape index (κ3) is 6.85. The molecule has 0 unspecified atom stereocenters. The molecule has 0 saturated heterocycles. The normalized spacial score (nSPS) is 16.7. The van der Waals surface area contributed by atoms with Gasteiger partial charge in [0, 0.05) is 0 Å². The highest BCUT2D eigenvalue weighted by atomic mass is 28.4. The standard InChI is InChI=1S/C17H34O2Si/c1-13(2)12-16(14(3)10-11-15(4)18)19-20(8,9)17(5,6)7/h10-11,13-14,16H,12H2,1-9H3/b11-10+/t14-,16-/m0/s1. The van der Waals surface area contributed by atoms with Crippen LogP contribution in [-0.2, 0) is 9.22 Å². The molecular formula is C17H34O2Si. The summed E-state index contributed by atoms with van der Waals surface area (Å²) in [5.74, 6) is 0.973. The van der Waals surface area contributed by atoms with Crippen LogP contribution in [0.5, 0.6) is 0 Å². The minimum absolute atomic E-state index is 0.104. The number of carbonyl (C=O) groups is 1. The molecule has 2 nitrogen and oxygen atoms in total. The summed E-state index contributed by atoms with van der Waals surface area (Å²) < 4.78 is 6.58. The predicted molar refractivity (Wildman–Crippen MR) is 90.5 cm³/mol. The fraction of sp³-hybridized carbons (Fsp3) is 0.824. The van der Waals surface area contributed by atoms with Gasteiger partial charge in [-0.25, -0.2) is 0 Å². The summed E-state index contributed by atoms with van der Waals surface area (Å²) in [6, 6.07) is 0. The summed E-state index contributed by atoms with van der Waals surface area (Å²) in [5.41, 5.74) is 0. The third-order valence-electron chi connectivity index (χ3n) is 4.18. The van der Waals surface area contributed by atoms with E-state index in [1.807, 2.05) is 6.08 Å². The Balaban J connectivity index is 5.03. The Kier molecular flexibility index (Phi) is 7.40. The first-order valence-corrected chi connectivity index (χ1v) is 10.6. The molecule has 3 heteroatoms. The van der Waals surface area contributed by atoms with Crippen molar-refractivity contribution in [2.24, 2.45) is 11.8 Å². The van der Waals surface area contributed by atoms with Crippen LogP contribution in [0, 0.1) is 11.8 Å². The van der Waals surface area contributed by atoms with E-state index in [2.05, 4.69) is 54.6 Å². The van der Waals surface area contributed by atoms with Crippen LogP contribution in [0.4, 0.5) is 0 Å². The summed E-state index contributed by atoms with van der Waals surface area (Å²) in [5, 5.41) is 0.215. The summed E-state index contributed by atoms with van der Waals surface area (Å²) in [7, 11) is -1.77. The van der Waals surface area contributed by atoms with Gasteiger partial charge in [0.15, 0.2) is 14.1 Å². The minimum atomic E-state index is -1.77. The highest BCUT2D eigenvalue weighted by Crippen LogP contribution is 2.39. The molecule has 0 saturated carbocycles. The topological polar surface area (TPSA) is 26.3 Å². The van der Waals surface area contributed by atoms with Gasteiger partial charge < -0.3 is 4.43 Å². The van der Waals surface area contributed by atoms with Crippen LogP contribution < -0.4 is 0 Å². The summed E-state index contributed by atoms with van der Waals surface area (Å²) in [6.07, 6.45) is 4.91. The van der Waals surface area contributed by atoms with Gasteiger partial charge in [-0.1, -0.05) is 47.6 Å². The zero-order chi connectivity index (χ0) is 16.1. The maximum absolute atomic E-state index is 11.1. The summed E-state index contributed by atoms with van der Waals surface area (Å²) in [6.45, 7) is 19.6. The average Bonchev–Trinajstić information content (AvgIpc) is 2.22. The van der Waals surface area contributed by atoms with Crippen LogP contribution in [0.25, 0.3) is 0 Å². The molecule has 20 heavy (non-hydrogen) atoms. The zero-order valence-electron chi connectivity index (χ0n) is 14.9. The van der Waals surface area contributed by atoms with Gasteiger partial charge in [-0.05, 0) is 49.4 Å². The van der Waals surface area contributed by atoms with Crippen molar-refractivity contribution in [1.29, 1.82) is 0 Å². The van der Waals surface area contributed by atoms with Crippen molar-refractivity contribution in [1.82, 2.24) is 0 Å². The Bertz CT molecular complexity index is 337. The van der Waals surface area contributed by atoms with Gasteiger partial charge in [-0.15, -0.1) is 0 Å². The average molecular weight is 299 g/mol. The lowest BCUT2D eigenvalue weighted by molar-refractivity contribution is -0.112. The van der Waals surface area contributed by atoms with E-state index < -0.39 is 8.32 Å². The fourth-order valence-electron chi connectivity index (χ4n) is 1.80. The van der Waals surface area contributed by atoms with Gasteiger partial charge in [0.1, 0.15) is 0 Å². The molecule has 0 aliphatic heterocycles. The first-order chi connectivity index (χ1) is 8.86. The minimum Gasteiger partial charge on any atom is -0.413 e. The van der Waals surface area contributed by atoms with E-state index in [9.17, 15) is 4.79 Å². The monoisotopic (exact) mass is 298 g/mol. The van der Waals surface area contributed by atoms with Crippen molar-refractivity contribution in [3.05, 3.63) is 12.2 Å². The second-order valence-electron chi connectivity index (χ2n) is 7.88. The Morgan fingerprint density at radius 1 is 1.20 bits per heavy atom. The van der Waals surface area contributed by atoms with E-state index in [0.717, 1.165) is 6.42 Å². The largest absolute Gasteiger partial charge is 0.413 e. The Hall–Kier alpha value is -0.413. The lowest BCUT2D eigenvalue weighted by Gasteiger charge is -2.41. The second kappa shape index (κ2) is 7.55. The number of allylic oxidation sites excluding steroid dienone is 1. The van der Waals surface area contributed by atoms with Crippen molar-refractivity contribution >= 4 is 14.1 Å². The van der Waals surface area contributed by atoms with Gasteiger partial charge >= 0.3 is 0 Å². The number of rotatable bonds is 7. The Morgan fingerprint density at radius 2 is 1.70 bits per heavy atom. The molecule has 118 valence electrons. The van der Waals surface area contributed by atoms with Gasteiger partial charge in [0.25, 0.3) is 0 Å². The highest BCUT2D eigenvalue weighted by molar-refractivity contribution is 6.74. The van der Waals surface area contributed by atoms with Gasteiger partial charge in [-0.3, -0.25) is 4.79 Å². The Morgan fingerprint density at radius 3 is 2.05 bits per heavy atom. The molecule has 0 radical (unpaired) electrons.